The van der Waals surface area contributed by atoms with Crippen LogP contribution in [-0.4, -0.2) is 100 Å². The highest BCUT2D eigenvalue weighted by Gasteiger charge is 2.50. The van der Waals surface area contributed by atoms with E-state index in [0.29, 0.717) is 43.9 Å². The summed E-state index contributed by atoms with van der Waals surface area (Å²) in [7, 11) is 3.33. The highest BCUT2D eigenvalue weighted by atomic mass is 35.5. The Kier molecular flexibility index (Phi) is 7.06. The van der Waals surface area contributed by atoms with Crippen molar-refractivity contribution in [2.45, 2.75) is 62.6 Å². The van der Waals surface area contributed by atoms with Gasteiger partial charge in [-0.3, -0.25) is 4.90 Å². The molecule has 3 fully saturated rings. The lowest BCUT2D eigenvalue weighted by molar-refractivity contribution is 0.0442. The summed E-state index contributed by atoms with van der Waals surface area (Å²) in [6, 6.07) is 0.193. The maximum Gasteiger partial charge on any atom is 0.409 e. The summed E-state index contributed by atoms with van der Waals surface area (Å²) in [5.41, 5.74) is -1.05. The third kappa shape index (κ3) is 5.13. The van der Waals surface area contributed by atoms with Crippen LogP contribution in [0.1, 0.15) is 45.4 Å². The van der Waals surface area contributed by atoms with Crippen molar-refractivity contribution in [3.8, 4) is 6.01 Å². The first kappa shape index (κ1) is 26.1. The van der Waals surface area contributed by atoms with E-state index in [1.54, 1.807) is 21.0 Å². The van der Waals surface area contributed by atoms with Crippen molar-refractivity contribution < 1.29 is 23.8 Å². The molecule has 37 heavy (non-hydrogen) atoms. The van der Waals surface area contributed by atoms with Crippen LogP contribution in [0.4, 0.5) is 15.0 Å². The van der Waals surface area contributed by atoms with Crippen LogP contribution in [0.2, 0.25) is 5.15 Å². The predicted molar refractivity (Wildman–Crippen MR) is 137 cm³/mol. The molecule has 0 unspecified atom stereocenters. The Bertz CT molecular complexity index is 1180. The van der Waals surface area contributed by atoms with Crippen molar-refractivity contribution in [2.24, 2.45) is 0 Å². The number of halogens is 2. The van der Waals surface area contributed by atoms with E-state index in [9.17, 15) is 9.90 Å². The molecular formula is C25H34ClFN6O4. The number of rotatable bonds is 6. The molecule has 2 aromatic rings. The van der Waals surface area contributed by atoms with Gasteiger partial charge in [0.25, 0.3) is 0 Å². The van der Waals surface area contributed by atoms with Crippen molar-refractivity contribution in [2.75, 3.05) is 51.8 Å². The Labute approximate surface area is 220 Å². The summed E-state index contributed by atoms with van der Waals surface area (Å²) in [6.07, 6.45) is 6.33. The second-order valence-corrected chi connectivity index (χ2v) is 11.3. The highest BCUT2D eigenvalue weighted by Crippen LogP contribution is 2.43. The summed E-state index contributed by atoms with van der Waals surface area (Å²) in [6.45, 7) is 4.38. The molecule has 0 radical (unpaired) electrons. The van der Waals surface area contributed by atoms with Crippen LogP contribution in [-0.2, 0) is 4.74 Å². The fourth-order valence-corrected chi connectivity index (χ4v) is 6.13. The Hall–Kier alpha value is -2.50. The fourth-order valence-electron chi connectivity index (χ4n) is 5.99. The molecule has 0 aliphatic carbocycles. The fraction of sp³-hybridized carbons (Fsp3) is 0.680. The van der Waals surface area contributed by atoms with Crippen molar-refractivity contribution in [3.05, 3.63) is 17.2 Å². The van der Waals surface area contributed by atoms with Gasteiger partial charge in [0.15, 0.2) is 11.0 Å². The van der Waals surface area contributed by atoms with Crippen LogP contribution in [0.3, 0.4) is 0 Å². The van der Waals surface area contributed by atoms with Crippen LogP contribution in [0.15, 0.2) is 6.20 Å². The average Bonchev–Trinajstić information content (AvgIpc) is 3.42. The molecule has 0 spiro atoms. The summed E-state index contributed by atoms with van der Waals surface area (Å²) in [4.78, 5) is 30.7. The molecule has 1 amide bonds. The Balaban J connectivity index is 1.39. The van der Waals surface area contributed by atoms with Crippen LogP contribution in [0, 0.1) is 5.82 Å². The number of carbonyl (C=O) groups is 1. The number of amides is 1. The molecule has 202 valence electrons. The van der Waals surface area contributed by atoms with Gasteiger partial charge in [0.2, 0.25) is 0 Å². The molecule has 3 atom stereocenters. The minimum Gasteiger partial charge on any atom is -0.461 e. The summed E-state index contributed by atoms with van der Waals surface area (Å²) >= 11 is 5.98. The van der Waals surface area contributed by atoms with Gasteiger partial charge in [-0.2, -0.15) is 9.97 Å². The molecular weight excluding hydrogens is 503 g/mol. The predicted octanol–water partition coefficient (Wildman–Crippen LogP) is 3.24. The number of anilines is 1. The van der Waals surface area contributed by atoms with Crippen LogP contribution in [0.25, 0.3) is 10.9 Å². The second-order valence-electron chi connectivity index (χ2n) is 11.0. The molecule has 3 saturated heterocycles. The van der Waals surface area contributed by atoms with E-state index in [-0.39, 0.29) is 34.4 Å². The third-order valence-electron chi connectivity index (χ3n) is 7.84. The maximum absolute atomic E-state index is 15.0. The molecule has 5 rings (SSSR count). The van der Waals surface area contributed by atoms with E-state index in [0.717, 1.165) is 38.6 Å². The average molecular weight is 537 g/mol. The number of piperidine rings is 1. The number of aliphatic hydroxyl groups is 1. The van der Waals surface area contributed by atoms with Crippen LogP contribution < -0.4 is 9.64 Å². The smallest absolute Gasteiger partial charge is 0.409 e. The van der Waals surface area contributed by atoms with Crippen LogP contribution >= 0.6 is 11.6 Å². The van der Waals surface area contributed by atoms with E-state index in [4.69, 9.17) is 21.1 Å². The zero-order chi connectivity index (χ0) is 26.4. The van der Waals surface area contributed by atoms with E-state index < -0.39 is 11.4 Å². The number of hydrogen-bond donors (Lipinski definition) is 1. The molecule has 5 heterocycles. The molecule has 1 N–H and O–H groups in total. The van der Waals surface area contributed by atoms with Gasteiger partial charge < -0.3 is 24.4 Å². The lowest BCUT2D eigenvalue weighted by Gasteiger charge is -2.38. The van der Waals surface area contributed by atoms with Crippen molar-refractivity contribution in [3.63, 3.8) is 0 Å². The van der Waals surface area contributed by atoms with Gasteiger partial charge in [0.1, 0.15) is 24.5 Å². The second kappa shape index (κ2) is 9.99. The number of ether oxygens (including phenoxy) is 2. The number of pyridine rings is 1. The summed E-state index contributed by atoms with van der Waals surface area (Å²) in [5.74, 6) is -0.246. The van der Waals surface area contributed by atoms with Gasteiger partial charge in [-0.15, -0.1) is 0 Å². The normalized spacial score (nSPS) is 27.9. The third-order valence-corrected chi connectivity index (χ3v) is 8.11. The number of aromatic nitrogens is 3. The molecule has 0 bridgehead atoms. The van der Waals surface area contributed by atoms with Gasteiger partial charge in [0, 0.05) is 39.4 Å². The largest absolute Gasteiger partial charge is 0.461 e. The molecule has 10 nitrogen and oxygen atoms in total. The number of β-amino-alcohol motifs (C(OH)–C–C–N with tert-alkyl or cyclic N) is 1. The Morgan fingerprint density at radius 2 is 2.05 bits per heavy atom. The first-order valence-corrected chi connectivity index (χ1v) is 13.2. The summed E-state index contributed by atoms with van der Waals surface area (Å²) < 4.78 is 26.7. The van der Waals surface area contributed by atoms with Crippen molar-refractivity contribution >= 4 is 34.4 Å². The van der Waals surface area contributed by atoms with Gasteiger partial charge >= 0.3 is 12.1 Å². The number of nitrogens with zero attached hydrogens (tertiary/aromatic N) is 6. The lowest BCUT2D eigenvalue weighted by atomic mass is 9.95. The number of fused-ring (bicyclic) bond motifs is 2. The molecule has 2 aromatic heterocycles. The van der Waals surface area contributed by atoms with Crippen molar-refractivity contribution in [1.82, 2.24) is 24.8 Å². The van der Waals surface area contributed by atoms with E-state index in [1.165, 1.54) is 11.1 Å². The van der Waals surface area contributed by atoms with Gasteiger partial charge in [-0.1, -0.05) is 11.6 Å². The molecule has 0 saturated carbocycles. The van der Waals surface area contributed by atoms with Gasteiger partial charge in [0.05, 0.1) is 16.5 Å². The highest BCUT2D eigenvalue weighted by molar-refractivity contribution is 6.30. The monoisotopic (exact) mass is 536 g/mol. The Morgan fingerprint density at radius 1 is 1.27 bits per heavy atom. The zero-order valence-corrected chi connectivity index (χ0v) is 22.3. The van der Waals surface area contributed by atoms with E-state index in [1.807, 2.05) is 4.90 Å². The first-order valence-electron chi connectivity index (χ1n) is 12.8. The lowest BCUT2D eigenvalue weighted by Crippen LogP contribution is -2.48. The SMILES string of the molecule is CN(C)C(=O)OC[C@@H]1CC[C@@]2(COc3nc(N4CCC[C@@](C)(O)C4)c4cnc(Cl)c(F)c4n3)CCCN12. The van der Waals surface area contributed by atoms with E-state index >= 15 is 4.39 Å². The van der Waals surface area contributed by atoms with Gasteiger partial charge in [-0.25, -0.2) is 14.2 Å². The Morgan fingerprint density at radius 3 is 2.81 bits per heavy atom. The quantitative estimate of drug-likeness (QED) is 0.557. The minimum atomic E-state index is -0.882. The standard InChI is InChI=1S/C25H34ClFN6O4/c1-24(35)7-4-10-32(14-24)21-17-12-28-20(26)18(27)19(17)29-22(30-21)37-15-25-8-5-11-33(25)16(6-9-25)13-36-23(34)31(2)3/h12,16,35H,4-11,13-15H2,1-3H3/t16-,24+,25+/m0/s1. The maximum atomic E-state index is 15.0. The van der Waals surface area contributed by atoms with E-state index in [2.05, 4.69) is 19.9 Å². The molecule has 0 aromatic carbocycles. The number of hydrogen-bond acceptors (Lipinski definition) is 9. The molecule has 12 heteroatoms. The van der Waals surface area contributed by atoms with Gasteiger partial charge in [-0.05, 0) is 52.0 Å². The number of carbonyl (C=O) groups excluding carboxylic acids is 1. The minimum absolute atomic E-state index is 0.0471. The molecule has 3 aliphatic heterocycles. The zero-order valence-electron chi connectivity index (χ0n) is 21.5. The van der Waals surface area contributed by atoms with Crippen molar-refractivity contribution in [1.29, 1.82) is 0 Å². The topological polar surface area (TPSA) is 104 Å². The first-order chi connectivity index (χ1) is 17.6. The van der Waals surface area contributed by atoms with Crippen LogP contribution in [0.5, 0.6) is 6.01 Å². The summed E-state index contributed by atoms with van der Waals surface area (Å²) in [5, 5.41) is 10.8. The molecule has 3 aliphatic rings.